The summed E-state index contributed by atoms with van der Waals surface area (Å²) >= 11 is 0. The highest BCUT2D eigenvalue weighted by atomic mass is 16.2. The van der Waals surface area contributed by atoms with Crippen LogP contribution in [-0.4, -0.2) is 59.6 Å². The lowest BCUT2D eigenvalue weighted by Gasteiger charge is -2.22. The fraction of sp³-hybridized carbons (Fsp3) is 0.500. The first-order chi connectivity index (χ1) is 15.0. The second-order valence-corrected chi connectivity index (χ2v) is 8.34. The van der Waals surface area contributed by atoms with Gasteiger partial charge in [0.15, 0.2) is 5.82 Å². The number of H-pyrrole nitrogens is 1. The van der Waals surface area contributed by atoms with Gasteiger partial charge in [-0.1, -0.05) is 25.0 Å². The van der Waals surface area contributed by atoms with Crippen molar-refractivity contribution in [2.45, 2.75) is 44.2 Å². The highest BCUT2D eigenvalue weighted by Crippen LogP contribution is 2.33. The van der Waals surface area contributed by atoms with E-state index in [0.717, 1.165) is 24.8 Å². The molecule has 2 aliphatic rings. The van der Waals surface area contributed by atoms with Crippen molar-refractivity contribution in [3.63, 3.8) is 0 Å². The molecule has 2 fully saturated rings. The minimum atomic E-state index is -0.668. The van der Waals surface area contributed by atoms with Crippen LogP contribution in [0.15, 0.2) is 29.3 Å². The van der Waals surface area contributed by atoms with Gasteiger partial charge in [0.25, 0.3) is 5.91 Å². The van der Waals surface area contributed by atoms with Gasteiger partial charge in [-0.2, -0.15) is 0 Å². The fourth-order valence-electron chi connectivity index (χ4n) is 4.00. The first kappa shape index (κ1) is 21.0. The molecule has 9 heteroatoms. The number of nitrogens with one attached hydrogen (secondary N) is 4. The van der Waals surface area contributed by atoms with Gasteiger partial charge in [-0.15, -0.1) is 0 Å². The average Bonchev–Trinajstić information content (AvgIpc) is 3.31. The molecular formula is C22H28N6O3. The van der Waals surface area contributed by atoms with Crippen molar-refractivity contribution in [1.82, 2.24) is 25.9 Å². The van der Waals surface area contributed by atoms with Gasteiger partial charge in [-0.25, -0.2) is 4.98 Å². The fourth-order valence-corrected chi connectivity index (χ4v) is 4.00. The van der Waals surface area contributed by atoms with E-state index in [4.69, 9.17) is 0 Å². The number of fused-ring (bicyclic) bond motifs is 1. The minimum Gasteiger partial charge on any atom is -0.356 e. The molecule has 4 N–H and O–H groups in total. The molecule has 2 heterocycles. The van der Waals surface area contributed by atoms with Crippen molar-refractivity contribution in [3.05, 3.63) is 30.1 Å². The predicted octanol–water partition coefficient (Wildman–Crippen LogP) is 1.17. The van der Waals surface area contributed by atoms with E-state index in [1.54, 1.807) is 13.3 Å². The molecule has 0 bridgehead atoms. The van der Waals surface area contributed by atoms with Gasteiger partial charge < -0.3 is 20.9 Å². The highest BCUT2D eigenvalue weighted by molar-refractivity contribution is 5.97. The Morgan fingerprint density at radius 1 is 1.23 bits per heavy atom. The molecule has 164 valence electrons. The van der Waals surface area contributed by atoms with Crippen LogP contribution in [0, 0.1) is 11.8 Å². The standard InChI is InChI=1S/C22H28N6O3/c1-23-12-15(11-14-8-9-24-20(14)29)25-21(30)18(10-13-6-7-13)28-22(31)19-26-16-4-2-3-5-17(16)27-19/h2-5,12-15,18H,6-11H2,1H3,(H,24,29)(H,25,30)(H,26,27)(H,28,31). The predicted molar refractivity (Wildman–Crippen MR) is 117 cm³/mol. The van der Waals surface area contributed by atoms with Crippen molar-refractivity contribution in [2.24, 2.45) is 16.8 Å². The Balaban J connectivity index is 1.43. The minimum absolute atomic E-state index is 0.0106. The van der Waals surface area contributed by atoms with Crippen molar-refractivity contribution in [2.75, 3.05) is 13.6 Å². The SMILES string of the molecule is CN=CC(CC1CCNC1=O)NC(=O)C(CC1CC1)NC(=O)c1nc2ccccc2[nH]1. The van der Waals surface area contributed by atoms with Crippen LogP contribution in [0.5, 0.6) is 0 Å². The molecule has 1 aromatic heterocycles. The smallest absolute Gasteiger partial charge is 0.287 e. The van der Waals surface area contributed by atoms with E-state index in [-0.39, 0.29) is 29.6 Å². The number of amides is 3. The first-order valence-corrected chi connectivity index (χ1v) is 10.8. The monoisotopic (exact) mass is 424 g/mol. The van der Waals surface area contributed by atoms with Crippen LogP contribution in [0.25, 0.3) is 11.0 Å². The summed E-state index contributed by atoms with van der Waals surface area (Å²) in [6.07, 6.45) is 5.59. The van der Waals surface area contributed by atoms with Crippen LogP contribution in [0.3, 0.4) is 0 Å². The Kier molecular flexibility index (Phi) is 6.29. The van der Waals surface area contributed by atoms with Gasteiger partial charge in [-0.3, -0.25) is 19.4 Å². The van der Waals surface area contributed by atoms with E-state index in [2.05, 4.69) is 30.9 Å². The first-order valence-electron chi connectivity index (χ1n) is 10.8. The molecule has 0 spiro atoms. The Morgan fingerprint density at radius 3 is 2.71 bits per heavy atom. The number of aliphatic imine (C=N–C) groups is 1. The number of hydrogen-bond acceptors (Lipinski definition) is 5. The highest BCUT2D eigenvalue weighted by Gasteiger charge is 2.33. The van der Waals surface area contributed by atoms with E-state index in [1.165, 1.54) is 0 Å². The molecule has 4 rings (SSSR count). The summed E-state index contributed by atoms with van der Waals surface area (Å²) < 4.78 is 0. The number of aromatic nitrogens is 2. The summed E-state index contributed by atoms with van der Waals surface area (Å²) in [5.41, 5.74) is 1.47. The van der Waals surface area contributed by atoms with Crippen LogP contribution in [0.2, 0.25) is 0 Å². The molecular weight excluding hydrogens is 396 g/mol. The van der Waals surface area contributed by atoms with E-state index < -0.39 is 11.9 Å². The molecule has 1 aliphatic carbocycles. The van der Waals surface area contributed by atoms with Gasteiger partial charge in [-0.05, 0) is 37.3 Å². The van der Waals surface area contributed by atoms with Crippen LogP contribution < -0.4 is 16.0 Å². The van der Waals surface area contributed by atoms with Crippen LogP contribution in [-0.2, 0) is 9.59 Å². The maximum atomic E-state index is 13.1. The summed E-state index contributed by atoms with van der Waals surface area (Å²) in [5.74, 6) is -0.186. The molecule has 0 radical (unpaired) electrons. The molecule has 1 saturated heterocycles. The third kappa shape index (κ3) is 5.28. The summed E-state index contributed by atoms with van der Waals surface area (Å²) in [4.78, 5) is 49.2. The van der Waals surface area contributed by atoms with Gasteiger partial charge in [0, 0.05) is 25.7 Å². The van der Waals surface area contributed by atoms with E-state index >= 15 is 0 Å². The zero-order chi connectivity index (χ0) is 21.8. The van der Waals surface area contributed by atoms with Crippen molar-refractivity contribution in [3.8, 4) is 0 Å². The second kappa shape index (κ2) is 9.28. The van der Waals surface area contributed by atoms with E-state index in [0.29, 0.717) is 30.8 Å². The lowest BCUT2D eigenvalue weighted by molar-refractivity contribution is -0.125. The van der Waals surface area contributed by atoms with Crippen LogP contribution >= 0.6 is 0 Å². The normalized spacial score (nSPS) is 20.5. The van der Waals surface area contributed by atoms with Crippen molar-refractivity contribution >= 4 is 35.0 Å². The van der Waals surface area contributed by atoms with Gasteiger partial charge in [0.05, 0.1) is 17.1 Å². The maximum absolute atomic E-state index is 13.1. The Morgan fingerprint density at radius 2 is 2.03 bits per heavy atom. The van der Waals surface area contributed by atoms with Gasteiger partial charge in [0.2, 0.25) is 11.8 Å². The molecule has 1 saturated carbocycles. The topological polar surface area (TPSA) is 128 Å². The number of rotatable bonds is 9. The largest absolute Gasteiger partial charge is 0.356 e. The quantitative estimate of drug-likeness (QED) is 0.451. The Bertz CT molecular complexity index is 963. The molecule has 3 amide bonds. The average molecular weight is 425 g/mol. The van der Waals surface area contributed by atoms with Gasteiger partial charge in [0.1, 0.15) is 6.04 Å². The Labute approximate surface area is 180 Å². The second-order valence-electron chi connectivity index (χ2n) is 8.34. The zero-order valence-corrected chi connectivity index (χ0v) is 17.6. The zero-order valence-electron chi connectivity index (χ0n) is 17.6. The lowest BCUT2D eigenvalue weighted by atomic mass is 9.98. The maximum Gasteiger partial charge on any atom is 0.287 e. The van der Waals surface area contributed by atoms with E-state index in [9.17, 15) is 14.4 Å². The van der Waals surface area contributed by atoms with Crippen LogP contribution in [0.1, 0.15) is 42.7 Å². The van der Waals surface area contributed by atoms with Crippen molar-refractivity contribution < 1.29 is 14.4 Å². The molecule has 1 aliphatic heterocycles. The third-order valence-electron chi connectivity index (χ3n) is 5.85. The number of aromatic amines is 1. The molecule has 9 nitrogen and oxygen atoms in total. The number of imidazole rings is 1. The van der Waals surface area contributed by atoms with Crippen LogP contribution in [0.4, 0.5) is 0 Å². The molecule has 31 heavy (non-hydrogen) atoms. The molecule has 2 aromatic rings. The number of para-hydroxylation sites is 2. The molecule has 1 aromatic carbocycles. The number of hydrogen-bond donors (Lipinski definition) is 4. The number of carbonyl (C=O) groups excluding carboxylic acids is 3. The third-order valence-corrected chi connectivity index (χ3v) is 5.85. The number of carbonyl (C=O) groups is 3. The summed E-state index contributed by atoms with van der Waals surface area (Å²) in [6, 6.07) is 6.36. The number of nitrogens with zero attached hydrogens (tertiary/aromatic N) is 2. The molecule has 3 atom stereocenters. The molecule has 3 unspecified atom stereocenters. The number of benzene rings is 1. The summed E-state index contributed by atoms with van der Waals surface area (Å²) in [5, 5.41) is 8.63. The Hall–Kier alpha value is -3.23. The summed E-state index contributed by atoms with van der Waals surface area (Å²) in [7, 11) is 1.64. The van der Waals surface area contributed by atoms with Crippen molar-refractivity contribution in [1.29, 1.82) is 0 Å². The van der Waals surface area contributed by atoms with E-state index in [1.807, 2.05) is 24.3 Å². The summed E-state index contributed by atoms with van der Waals surface area (Å²) in [6.45, 7) is 0.658. The van der Waals surface area contributed by atoms with Gasteiger partial charge >= 0.3 is 0 Å². The lowest BCUT2D eigenvalue weighted by Crippen LogP contribution is -2.51.